The number of thioether (sulfide) groups is 1. The molecular weight excluding hydrogens is 477 g/mol. The van der Waals surface area contributed by atoms with Crippen molar-refractivity contribution in [2.45, 2.75) is 51.7 Å². The van der Waals surface area contributed by atoms with Gasteiger partial charge < -0.3 is 4.57 Å². The molecule has 0 radical (unpaired) electrons. The summed E-state index contributed by atoms with van der Waals surface area (Å²) in [5, 5.41) is 14.4. The Balaban J connectivity index is 1.65. The van der Waals surface area contributed by atoms with Gasteiger partial charge in [-0.2, -0.15) is 5.10 Å². The molecule has 0 spiro atoms. The van der Waals surface area contributed by atoms with E-state index >= 15 is 0 Å². The Morgan fingerprint density at radius 3 is 2.39 bits per heavy atom. The minimum Gasteiger partial charge on any atom is -0.302 e. The van der Waals surface area contributed by atoms with Crippen LogP contribution in [-0.4, -0.2) is 32.1 Å². The summed E-state index contributed by atoms with van der Waals surface area (Å²) in [5.41, 5.74) is 6.33. The van der Waals surface area contributed by atoms with Gasteiger partial charge >= 0.3 is 0 Å². The van der Waals surface area contributed by atoms with Gasteiger partial charge in [0.05, 0.1) is 21.5 Å². The topological polar surface area (TPSA) is 72.2 Å². The molecule has 3 rings (SSSR count). The van der Waals surface area contributed by atoms with Gasteiger partial charge in [-0.1, -0.05) is 86.1 Å². The third-order valence-electron chi connectivity index (χ3n) is 5.06. The van der Waals surface area contributed by atoms with E-state index in [1.54, 1.807) is 25.1 Å². The van der Waals surface area contributed by atoms with E-state index in [2.05, 4.69) is 65.8 Å². The molecule has 6 nitrogen and oxygen atoms in total. The maximum absolute atomic E-state index is 12.3. The monoisotopic (exact) mass is 503 g/mol. The van der Waals surface area contributed by atoms with E-state index in [0.717, 1.165) is 17.0 Å². The largest absolute Gasteiger partial charge is 0.302 e. The van der Waals surface area contributed by atoms with Crippen LogP contribution in [0.4, 0.5) is 0 Å². The molecule has 0 unspecified atom stereocenters. The smallest absolute Gasteiger partial charge is 0.250 e. The highest BCUT2D eigenvalue weighted by atomic mass is 35.5. The Morgan fingerprint density at radius 1 is 1.09 bits per heavy atom. The molecular formula is C24H27Cl2N5OS. The molecule has 0 fully saturated rings. The van der Waals surface area contributed by atoms with Gasteiger partial charge in [-0.15, -0.1) is 10.2 Å². The van der Waals surface area contributed by atoms with E-state index in [4.69, 9.17) is 23.2 Å². The third-order valence-corrected chi connectivity index (χ3v) is 6.77. The third kappa shape index (κ3) is 6.37. The van der Waals surface area contributed by atoms with Gasteiger partial charge in [0.25, 0.3) is 5.91 Å². The van der Waals surface area contributed by atoms with Crippen molar-refractivity contribution >= 4 is 46.6 Å². The van der Waals surface area contributed by atoms with Crippen molar-refractivity contribution in [3.8, 4) is 11.4 Å². The van der Waals surface area contributed by atoms with E-state index in [1.165, 1.54) is 17.3 Å². The summed E-state index contributed by atoms with van der Waals surface area (Å²) >= 11 is 13.3. The summed E-state index contributed by atoms with van der Waals surface area (Å²) in [4.78, 5) is 12.3. The van der Waals surface area contributed by atoms with Crippen LogP contribution in [0.2, 0.25) is 10.0 Å². The Hall–Kier alpha value is -2.35. The molecule has 0 saturated carbocycles. The van der Waals surface area contributed by atoms with Crippen LogP contribution >= 0.6 is 35.0 Å². The Labute approximate surface area is 208 Å². The van der Waals surface area contributed by atoms with Crippen molar-refractivity contribution in [1.82, 2.24) is 20.2 Å². The van der Waals surface area contributed by atoms with Crippen molar-refractivity contribution in [3.05, 3.63) is 63.6 Å². The minimum absolute atomic E-state index is 0.0893. The van der Waals surface area contributed by atoms with Crippen LogP contribution in [0.3, 0.4) is 0 Å². The number of hydrogen-bond acceptors (Lipinski definition) is 5. The zero-order valence-electron chi connectivity index (χ0n) is 19.3. The summed E-state index contributed by atoms with van der Waals surface area (Å²) < 4.78 is 2.01. The number of carbonyl (C=O) groups excluding carboxylic acids is 1. The lowest BCUT2D eigenvalue weighted by Gasteiger charge is -2.19. The maximum Gasteiger partial charge on any atom is 0.250 e. The van der Waals surface area contributed by atoms with E-state index in [9.17, 15) is 4.79 Å². The number of benzene rings is 2. The molecule has 0 aliphatic heterocycles. The van der Waals surface area contributed by atoms with Crippen LogP contribution in [0.1, 0.15) is 45.7 Å². The molecule has 9 heteroatoms. The molecule has 0 bridgehead atoms. The van der Waals surface area contributed by atoms with Crippen LogP contribution < -0.4 is 5.43 Å². The molecule has 1 amide bonds. The fourth-order valence-electron chi connectivity index (χ4n) is 3.11. The lowest BCUT2D eigenvalue weighted by molar-refractivity contribution is -0.118. The van der Waals surface area contributed by atoms with Crippen LogP contribution in [0.5, 0.6) is 0 Å². The lowest BCUT2D eigenvalue weighted by Crippen LogP contribution is -2.21. The van der Waals surface area contributed by atoms with Crippen molar-refractivity contribution in [3.63, 3.8) is 0 Å². The van der Waals surface area contributed by atoms with E-state index in [0.29, 0.717) is 27.5 Å². The number of nitrogens with one attached hydrogen (secondary N) is 1. The first-order valence-corrected chi connectivity index (χ1v) is 12.3. The second kappa shape index (κ2) is 10.7. The maximum atomic E-state index is 12.3. The van der Waals surface area contributed by atoms with Gasteiger partial charge in [0, 0.05) is 12.1 Å². The van der Waals surface area contributed by atoms with E-state index < -0.39 is 0 Å². The van der Waals surface area contributed by atoms with Crippen molar-refractivity contribution in [1.29, 1.82) is 0 Å². The van der Waals surface area contributed by atoms with Crippen molar-refractivity contribution in [2.75, 3.05) is 5.75 Å². The predicted molar refractivity (Wildman–Crippen MR) is 137 cm³/mol. The van der Waals surface area contributed by atoms with Gasteiger partial charge in [0.2, 0.25) is 0 Å². The second-order valence-corrected chi connectivity index (χ2v) is 10.3. The summed E-state index contributed by atoms with van der Waals surface area (Å²) in [7, 11) is 0. The minimum atomic E-state index is -0.235. The lowest BCUT2D eigenvalue weighted by atomic mass is 9.87. The standard InChI is InChI=1S/C24H27Cl2N5OS/c1-6-31-22(16-7-10-18(11-8-16)24(3,4)5)29-30-23(31)33-14-21(32)28-27-15(2)17-9-12-19(25)20(26)13-17/h7-13H,6,14H2,1-5H3,(H,28,32). The number of hydrogen-bond donors (Lipinski definition) is 1. The average Bonchev–Trinajstić information content (AvgIpc) is 3.20. The number of aromatic nitrogens is 3. The fourth-order valence-corrected chi connectivity index (χ4v) is 4.20. The number of halogens is 2. The van der Waals surface area contributed by atoms with Crippen LogP contribution in [0.15, 0.2) is 52.7 Å². The Kier molecular flexibility index (Phi) is 8.21. The van der Waals surface area contributed by atoms with Crippen molar-refractivity contribution < 1.29 is 4.79 Å². The molecule has 0 aliphatic rings. The van der Waals surface area contributed by atoms with Gasteiger partial charge in [-0.05, 0) is 42.5 Å². The number of hydrazone groups is 1. The van der Waals surface area contributed by atoms with Gasteiger partial charge in [-0.25, -0.2) is 5.43 Å². The summed E-state index contributed by atoms with van der Waals surface area (Å²) in [6, 6.07) is 13.6. The molecule has 1 aromatic heterocycles. The molecule has 3 aromatic rings. The Morgan fingerprint density at radius 2 is 1.79 bits per heavy atom. The second-order valence-electron chi connectivity index (χ2n) is 8.53. The molecule has 2 aromatic carbocycles. The van der Waals surface area contributed by atoms with Crippen molar-refractivity contribution in [2.24, 2.45) is 5.10 Å². The average molecular weight is 504 g/mol. The van der Waals surface area contributed by atoms with E-state index in [-0.39, 0.29) is 17.1 Å². The SMILES string of the molecule is CCn1c(SCC(=O)NN=C(C)c2ccc(Cl)c(Cl)c2)nnc1-c1ccc(C(C)(C)C)cc1. The number of amides is 1. The zero-order chi connectivity index (χ0) is 24.2. The first-order chi connectivity index (χ1) is 15.6. The summed E-state index contributed by atoms with van der Waals surface area (Å²) in [6.07, 6.45) is 0. The van der Waals surface area contributed by atoms with Gasteiger partial charge in [0.1, 0.15) is 0 Å². The van der Waals surface area contributed by atoms with Gasteiger partial charge in [-0.3, -0.25) is 4.79 Å². The highest BCUT2D eigenvalue weighted by Gasteiger charge is 2.17. The molecule has 0 atom stereocenters. The molecule has 174 valence electrons. The molecule has 1 N–H and O–H groups in total. The summed E-state index contributed by atoms with van der Waals surface area (Å²) in [5.74, 6) is 0.717. The predicted octanol–water partition coefficient (Wildman–Crippen LogP) is 6.20. The molecule has 33 heavy (non-hydrogen) atoms. The first kappa shape index (κ1) is 25.3. The van der Waals surface area contributed by atoms with Crippen LogP contribution in [-0.2, 0) is 16.8 Å². The van der Waals surface area contributed by atoms with E-state index in [1.807, 2.05) is 11.5 Å². The molecule has 0 aliphatic carbocycles. The first-order valence-electron chi connectivity index (χ1n) is 10.6. The normalized spacial score (nSPS) is 12.2. The quantitative estimate of drug-likeness (QED) is 0.236. The molecule has 0 saturated heterocycles. The highest BCUT2D eigenvalue weighted by molar-refractivity contribution is 7.99. The van der Waals surface area contributed by atoms with Crippen LogP contribution in [0, 0.1) is 0 Å². The van der Waals surface area contributed by atoms with Gasteiger partial charge in [0.15, 0.2) is 11.0 Å². The highest BCUT2D eigenvalue weighted by Crippen LogP contribution is 2.28. The fraction of sp³-hybridized carbons (Fsp3) is 0.333. The number of rotatable bonds is 7. The Bertz CT molecular complexity index is 1170. The molecule has 1 heterocycles. The van der Waals surface area contributed by atoms with Crippen LogP contribution in [0.25, 0.3) is 11.4 Å². The summed E-state index contributed by atoms with van der Waals surface area (Å²) in [6.45, 7) is 11.1. The zero-order valence-corrected chi connectivity index (χ0v) is 21.6. The number of nitrogens with zero attached hydrogens (tertiary/aromatic N) is 4. The number of carbonyl (C=O) groups is 1.